The van der Waals surface area contributed by atoms with E-state index in [0.29, 0.717) is 5.69 Å². The van der Waals surface area contributed by atoms with Crippen molar-refractivity contribution in [2.75, 3.05) is 17.7 Å². The lowest BCUT2D eigenvalue weighted by molar-refractivity contribution is 0.187. The topological polar surface area (TPSA) is 50.4 Å². The van der Waals surface area contributed by atoms with E-state index in [2.05, 4.69) is 21.3 Å². The summed E-state index contributed by atoms with van der Waals surface area (Å²) >= 11 is 0. The highest BCUT2D eigenvalue weighted by atomic mass is 16.5. The summed E-state index contributed by atoms with van der Waals surface area (Å²) in [6.07, 6.45) is 4.85. The van der Waals surface area contributed by atoms with Crippen LogP contribution in [0.15, 0.2) is 12.1 Å². The number of aryl methyl sites for hydroxylation is 2. The number of hydrogen-bond donors (Lipinski definition) is 2. The Morgan fingerprint density at radius 3 is 2.67 bits per heavy atom. The number of rotatable bonds is 3. The summed E-state index contributed by atoms with van der Waals surface area (Å²) in [6.45, 7) is 5.80. The molecule has 0 saturated heterocycles. The molecule has 1 rings (SSSR count). The summed E-state index contributed by atoms with van der Waals surface area (Å²) in [7, 11) is 1.33. The molecule has 96 valence electrons. The Morgan fingerprint density at radius 1 is 1.44 bits per heavy atom. The zero-order valence-corrected chi connectivity index (χ0v) is 11.1. The lowest BCUT2D eigenvalue weighted by Crippen LogP contribution is -2.18. The van der Waals surface area contributed by atoms with Gasteiger partial charge in [-0.25, -0.2) is 4.79 Å². The fourth-order valence-corrected chi connectivity index (χ4v) is 1.68. The maximum atomic E-state index is 11.3. The van der Waals surface area contributed by atoms with E-state index in [-0.39, 0.29) is 6.04 Å². The number of terminal acetylenes is 1. The number of carbonyl (C=O) groups excluding carboxylic acids is 1. The van der Waals surface area contributed by atoms with Crippen molar-refractivity contribution in [1.82, 2.24) is 0 Å². The average Bonchev–Trinajstić information content (AvgIpc) is 2.32. The van der Waals surface area contributed by atoms with Crippen molar-refractivity contribution in [2.24, 2.45) is 0 Å². The first-order chi connectivity index (χ1) is 8.47. The molecule has 1 amide bonds. The van der Waals surface area contributed by atoms with Crippen molar-refractivity contribution < 1.29 is 9.53 Å². The molecule has 0 fully saturated rings. The second-order valence-corrected chi connectivity index (χ2v) is 4.15. The molecule has 1 unspecified atom stereocenters. The lowest BCUT2D eigenvalue weighted by atomic mass is 10.1. The van der Waals surface area contributed by atoms with E-state index in [1.807, 2.05) is 32.9 Å². The van der Waals surface area contributed by atoms with Crippen LogP contribution in [0.1, 0.15) is 18.1 Å². The molecule has 4 nitrogen and oxygen atoms in total. The molecule has 0 saturated carbocycles. The van der Waals surface area contributed by atoms with E-state index in [9.17, 15) is 4.79 Å². The van der Waals surface area contributed by atoms with Crippen LogP contribution in [0.3, 0.4) is 0 Å². The molecule has 0 radical (unpaired) electrons. The smallest absolute Gasteiger partial charge is 0.411 e. The normalized spacial score (nSPS) is 11.3. The predicted octanol–water partition coefficient (Wildman–Crippen LogP) is 2.92. The van der Waals surface area contributed by atoms with Crippen molar-refractivity contribution >= 4 is 17.5 Å². The van der Waals surface area contributed by atoms with Crippen molar-refractivity contribution in [3.8, 4) is 12.3 Å². The maximum absolute atomic E-state index is 11.3. The van der Waals surface area contributed by atoms with Crippen LogP contribution in [-0.2, 0) is 4.74 Å². The molecule has 4 heteroatoms. The van der Waals surface area contributed by atoms with Crippen LogP contribution < -0.4 is 10.6 Å². The standard InChI is InChI=1S/C14H18N2O2/c1-6-11(4)15-13-10(3)7-9(2)8-12(13)16-14(17)18-5/h1,7-8,11,15H,2-5H3,(H,16,17). The van der Waals surface area contributed by atoms with Crippen LogP contribution in [0.5, 0.6) is 0 Å². The van der Waals surface area contributed by atoms with Gasteiger partial charge in [0, 0.05) is 0 Å². The second-order valence-electron chi connectivity index (χ2n) is 4.15. The first-order valence-corrected chi connectivity index (χ1v) is 5.66. The highest BCUT2D eigenvalue weighted by molar-refractivity contribution is 5.90. The largest absolute Gasteiger partial charge is 0.453 e. The predicted molar refractivity (Wildman–Crippen MR) is 73.9 cm³/mol. The number of ether oxygens (including phenoxy) is 1. The summed E-state index contributed by atoms with van der Waals surface area (Å²) in [4.78, 5) is 11.3. The van der Waals surface area contributed by atoms with E-state index in [1.165, 1.54) is 7.11 Å². The highest BCUT2D eigenvalue weighted by Gasteiger charge is 2.11. The molecule has 18 heavy (non-hydrogen) atoms. The van der Waals surface area contributed by atoms with Gasteiger partial charge in [0.15, 0.2) is 0 Å². The zero-order chi connectivity index (χ0) is 13.7. The monoisotopic (exact) mass is 246 g/mol. The fraction of sp³-hybridized carbons (Fsp3) is 0.357. The van der Waals surface area contributed by atoms with Gasteiger partial charge < -0.3 is 10.1 Å². The van der Waals surface area contributed by atoms with Crippen LogP contribution in [0.25, 0.3) is 0 Å². The van der Waals surface area contributed by atoms with Gasteiger partial charge in [-0.05, 0) is 38.0 Å². The van der Waals surface area contributed by atoms with Gasteiger partial charge in [-0.3, -0.25) is 5.32 Å². The quantitative estimate of drug-likeness (QED) is 0.806. The number of nitrogens with one attached hydrogen (secondary N) is 2. The number of methoxy groups -OCH3 is 1. The van der Waals surface area contributed by atoms with Gasteiger partial charge >= 0.3 is 6.09 Å². The number of hydrogen-bond acceptors (Lipinski definition) is 3. The Hall–Kier alpha value is -2.15. The Balaban J connectivity index is 3.13. The van der Waals surface area contributed by atoms with Gasteiger partial charge in [-0.15, -0.1) is 6.42 Å². The minimum absolute atomic E-state index is 0.121. The summed E-state index contributed by atoms with van der Waals surface area (Å²) in [6, 6.07) is 3.77. The number of anilines is 2. The number of benzene rings is 1. The molecule has 1 atom stereocenters. The third kappa shape index (κ3) is 3.42. The third-order valence-corrected chi connectivity index (χ3v) is 2.51. The van der Waals surface area contributed by atoms with E-state index in [0.717, 1.165) is 16.8 Å². The Morgan fingerprint density at radius 2 is 2.11 bits per heavy atom. The molecule has 1 aromatic carbocycles. The fourth-order valence-electron chi connectivity index (χ4n) is 1.68. The lowest BCUT2D eigenvalue weighted by Gasteiger charge is -2.18. The molecule has 0 heterocycles. The van der Waals surface area contributed by atoms with Gasteiger partial charge in [0.05, 0.1) is 24.5 Å². The van der Waals surface area contributed by atoms with E-state index >= 15 is 0 Å². The van der Waals surface area contributed by atoms with Gasteiger partial charge in [0.1, 0.15) is 0 Å². The SMILES string of the molecule is C#CC(C)Nc1c(C)cc(C)cc1NC(=O)OC. The molecule has 0 aromatic heterocycles. The maximum Gasteiger partial charge on any atom is 0.411 e. The minimum Gasteiger partial charge on any atom is -0.453 e. The van der Waals surface area contributed by atoms with Gasteiger partial charge in [0.2, 0.25) is 0 Å². The third-order valence-electron chi connectivity index (χ3n) is 2.51. The molecule has 1 aromatic rings. The minimum atomic E-state index is -0.503. The van der Waals surface area contributed by atoms with Crippen LogP contribution >= 0.6 is 0 Å². The highest BCUT2D eigenvalue weighted by Crippen LogP contribution is 2.28. The molecule has 0 aliphatic carbocycles. The Labute approximate surface area is 108 Å². The summed E-state index contributed by atoms with van der Waals surface area (Å²) in [5, 5.41) is 5.86. The van der Waals surface area contributed by atoms with Crippen LogP contribution in [0.2, 0.25) is 0 Å². The molecular formula is C14H18N2O2. The molecule has 0 spiro atoms. The zero-order valence-electron chi connectivity index (χ0n) is 11.1. The summed E-state index contributed by atoms with van der Waals surface area (Å²) < 4.78 is 4.60. The van der Waals surface area contributed by atoms with Crippen LogP contribution in [-0.4, -0.2) is 19.2 Å². The molecule has 0 bridgehead atoms. The second kappa shape index (κ2) is 5.97. The molecule has 2 N–H and O–H groups in total. The molecule has 0 aliphatic heterocycles. The van der Waals surface area contributed by atoms with E-state index in [4.69, 9.17) is 6.42 Å². The van der Waals surface area contributed by atoms with Crippen molar-refractivity contribution in [3.63, 3.8) is 0 Å². The molecule has 0 aliphatic rings. The average molecular weight is 246 g/mol. The van der Waals surface area contributed by atoms with Gasteiger partial charge in [0.25, 0.3) is 0 Å². The van der Waals surface area contributed by atoms with Gasteiger partial charge in [-0.1, -0.05) is 12.0 Å². The van der Waals surface area contributed by atoms with E-state index < -0.39 is 6.09 Å². The number of carbonyl (C=O) groups is 1. The molecular weight excluding hydrogens is 228 g/mol. The van der Waals surface area contributed by atoms with Crippen molar-refractivity contribution in [1.29, 1.82) is 0 Å². The van der Waals surface area contributed by atoms with Gasteiger partial charge in [-0.2, -0.15) is 0 Å². The van der Waals surface area contributed by atoms with Crippen molar-refractivity contribution in [2.45, 2.75) is 26.8 Å². The Bertz CT molecular complexity index is 489. The summed E-state index contributed by atoms with van der Waals surface area (Å²) in [5.41, 5.74) is 3.55. The van der Waals surface area contributed by atoms with Crippen LogP contribution in [0.4, 0.5) is 16.2 Å². The first-order valence-electron chi connectivity index (χ1n) is 5.66. The van der Waals surface area contributed by atoms with Crippen LogP contribution in [0, 0.1) is 26.2 Å². The van der Waals surface area contributed by atoms with Crippen molar-refractivity contribution in [3.05, 3.63) is 23.3 Å². The number of amides is 1. The first kappa shape index (κ1) is 13.9. The van der Waals surface area contributed by atoms with E-state index in [1.54, 1.807) is 0 Å². The summed E-state index contributed by atoms with van der Waals surface area (Å²) in [5.74, 6) is 2.59. The Kier molecular flexibility index (Phi) is 4.61.